The Labute approximate surface area is 181 Å². The van der Waals surface area contributed by atoms with Crippen LogP contribution in [0.4, 0.5) is 5.69 Å². The number of esters is 1. The average Bonchev–Trinajstić information content (AvgIpc) is 2.73. The number of hydrogen-bond acceptors (Lipinski definition) is 6. The molecule has 1 aromatic heterocycles. The highest BCUT2D eigenvalue weighted by molar-refractivity contribution is 6.05. The van der Waals surface area contributed by atoms with Crippen molar-refractivity contribution in [1.82, 2.24) is 9.88 Å². The van der Waals surface area contributed by atoms with Crippen molar-refractivity contribution in [3.63, 3.8) is 0 Å². The van der Waals surface area contributed by atoms with Crippen molar-refractivity contribution in [3.8, 4) is 5.75 Å². The third kappa shape index (κ3) is 4.83. The Morgan fingerprint density at radius 3 is 2.50 bits per heavy atom. The summed E-state index contributed by atoms with van der Waals surface area (Å²) in [5, 5.41) is 6.01. The van der Waals surface area contributed by atoms with E-state index in [0.29, 0.717) is 11.3 Å². The zero-order valence-corrected chi connectivity index (χ0v) is 18.0. The van der Waals surface area contributed by atoms with E-state index in [0.717, 1.165) is 25.9 Å². The maximum Gasteiger partial charge on any atom is 0.341 e. The van der Waals surface area contributed by atoms with Crippen molar-refractivity contribution >= 4 is 30.0 Å². The van der Waals surface area contributed by atoms with Gasteiger partial charge in [-0.1, -0.05) is 0 Å². The van der Waals surface area contributed by atoms with Crippen molar-refractivity contribution < 1.29 is 19.1 Å². The summed E-state index contributed by atoms with van der Waals surface area (Å²) in [4.78, 5) is 37.7. The van der Waals surface area contributed by atoms with Crippen LogP contribution in [0.1, 0.15) is 45.2 Å². The molecule has 0 aliphatic carbocycles. The van der Waals surface area contributed by atoms with E-state index in [-0.39, 0.29) is 40.9 Å². The number of nitrogens with zero attached hydrogens (tertiary/aromatic N) is 1. The average molecular weight is 436 g/mol. The van der Waals surface area contributed by atoms with Gasteiger partial charge < -0.3 is 24.7 Å². The number of hydrogen-bond donors (Lipinski definition) is 2. The summed E-state index contributed by atoms with van der Waals surface area (Å²) in [5.41, 5.74) is 1.08. The van der Waals surface area contributed by atoms with Gasteiger partial charge in [0.2, 0.25) is 0 Å². The number of benzene rings is 1. The third-order valence-electron chi connectivity index (χ3n) is 5.12. The Kier molecular flexibility index (Phi) is 8.02. The normalized spacial score (nSPS) is 13.8. The highest BCUT2D eigenvalue weighted by Crippen LogP contribution is 2.24. The smallest absolute Gasteiger partial charge is 0.341 e. The van der Waals surface area contributed by atoms with Crippen LogP contribution < -0.4 is 20.9 Å². The maximum absolute atomic E-state index is 13.0. The molecule has 1 aliphatic rings. The molecule has 8 nitrogen and oxygen atoms in total. The molecule has 0 spiro atoms. The van der Waals surface area contributed by atoms with Crippen LogP contribution in [0.25, 0.3) is 0 Å². The van der Waals surface area contributed by atoms with Gasteiger partial charge in [-0.05, 0) is 56.6 Å². The van der Waals surface area contributed by atoms with Crippen LogP contribution in [0.3, 0.4) is 0 Å². The molecule has 0 unspecified atom stereocenters. The monoisotopic (exact) mass is 435 g/mol. The van der Waals surface area contributed by atoms with Crippen LogP contribution in [0.2, 0.25) is 0 Å². The minimum Gasteiger partial charge on any atom is -0.496 e. The van der Waals surface area contributed by atoms with Gasteiger partial charge in [-0.3, -0.25) is 9.59 Å². The predicted octanol–water partition coefficient (Wildman–Crippen LogP) is 2.55. The predicted molar refractivity (Wildman–Crippen MR) is 116 cm³/mol. The Hall–Kier alpha value is -2.84. The van der Waals surface area contributed by atoms with Crippen LogP contribution in [0.5, 0.6) is 5.75 Å². The maximum atomic E-state index is 13.0. The number of anilines is 1. The minimum absolute atomic E-state index is 0. The second kappa shape index (κ2) is 10.3. The Balaban J connectivity index is 0.00000320. The van der Waals surface area contributed by atoms with Crippen molar-refractivity contribution in [2.24, 2.45) is 0 Å². The number of halogens is 1. The van der Waals surface area contributed by atoms with Gasteiger partial charge in [-0.2, -0.15) is 0 Å². The highest BCUT2D eigenvalue weighted by Gasteiger charge is 2.22. The number of carbonyl (C=O) groups is 2. The van der Waals surface area contributed by atoms with E-state index >= 15 is 0 Å². The molecule has 1 fully saturated rings. The quantitative estimate of drug-likeness (QED) is 0.700. The molecule has 2 N–H and O–H groups in total. The molecule has 3 rings (SSSR count). The first-order valence-corrected chi connectivity index (χ1v) is 9.46. The summed E-state index contributed by atoms with van der Waals surface area (Å²) < 4.78 is 11.6. The van der Waals surface area contributed by atoms with E-state index in [4.69, 9.17) is 9.47 Å². The number of aromatic nitrogens is 1. The third-order valence-corrected chi connectivity index (χ3v) is 5.12. The molecule has 0 atom stereocenters. The number of piperidine rings is 1. The SMILES string of the molecule is COC(=O)c1ccc(NC(=O)c2c(C)ccn(C3CCNCC3)c2=O)cc1OC.Cl. The largest absolute Gasteiger partial charge is 0.496 e. The molecular formula is C21H26ClN3O5. The lowest BCUT2D eigenvalue weighted by molar-refractivity contribution is 0.0597. The topological polar surface area (TPSA) is 98.7 Å². The standard InChI is InChI=1S/C21H25N3O5.ClH/c1-13-8-11-24(15-6-9-22-10-7-15)20(26)18(13)19(25)23-14-4-5-16(21(27)29-3)17(12-14)28-2;/h4-5,8,11-12,15,22H,6-7,9-10H2,1-3H3,(H,23,25);1H. The Bertz CT molecular complexity index is 983. The molecule has 0 saturated carbocycles. The zero-order chi connectivity index (χ0) is 21.0. The number of methoxy groups -OCH3 is 2. The summed E-state index contributed by atoms with van der Waals surface area (Å²) in [5.74, 6) is -0.765. The summed E-state index contributed by atoms with van der Waals surface area (Å²) in [7, 11) is 2.70. The first-order valence-electron chi connectivity index (χ1n) is 9.46. The van der Waals surface area contributed by atoms with Crippen LogP contribution in [0.15, 0.2) is 35.3 Å². The number of aryl methyl sites for hydroxylation is 1. The second-order valence-corrected chi connectivity index (χ2v) is 6.93. The lowest BCUT2D eigenvalue weighted by Gasteiger charge is -2.25. The van der Waals surface area contributed by atoms with E-state index in [1.54, 1.807) is 29.8 Å². The van der Waals surface area contributed by atoms with Gasteiger partial charge in [0.1, 0.15) is 16.9 Å². The number of pyridine rings is 1. The lowest BCUT2D eigenvalue weighted by Crippen LogP contribution is -2.37. The fraction of sp³-hybridized carbons (Fsp3) is 0.381. The van der Waals surface area contributed by atoms with Gasteiger partial charge in [0.05, 0.1) is 14.2 Å². The van der Waals surface area contributed by atoms with E-state index in [1.807, 2.05) is 0 Å². The lowest BCUT2D eigenvalue weighted by atomic mass is 10.0. The number of ether oxygens (including phenoxy) is 2. The molecule has 0 bridgehead atoms. The number of amides is 1. The molecule has 2 heterocycles. The van der Waals surface area contributed by atoms with Crippen molar-refractivity contribution in [1.29, 1.82) is 0 Å². The van der Waals surface area contributed by atoms with Crippen LogP contribution in [-0.2, 0) is 4.74 Å². The van der Waals surface area contributed by atoms with Crippen LogP contribution in [-0.4, -0.2) is 43.8 Å². The highest BCUT2D eigenvalue weighted by atomic mass is 35.5. The molecule has 1 saturated heterocycles. The zero-order valence-electron chi connectivity index (χ0n) is 17.2. The summed E-state index contributed by atoms with van der Waals surface area (Å²) in [6.07, 6.45) is 3.45. The molecular weight excluding hydrogens is 410 g/mol. The molecule has 30 heavy (non-hydrogen) atoms. The van der Waals surface area contributed by atoms with Gasteiger partial charge in [0, 0.05) is 24.0 Å². The molecule has 1 aromatic carbocycles. The number of nitrogens with one attached hydrogen (secondary N) is 2. The summed E-state index contributed by atoms with van der Waals surface area (Å²) in [6.45, 7) is 3.43. The van der Waals surface area contributed by atoms with E-state index in [9.17, 15) is 14.4 Å². The molecule has 1 amide bonds. The fourth-order valence-corrected chi connectivity index (χ4v) is 3.53. The van der Waals surface area contributed by atoms with Gasteiger partial charge in [0.15, 0.2) is 0 Å². The van der Waals surface area contributed by atoms with E-state index in [1.165, 1.54) is 26.4 Å². The van der Waals surface area contributed by atoms with Crippen molar-refractivity contribution in [3.05, 3.63) is 57.5 Å². The summed E-state index contributed by atoms with van der Waals surface area (Å²) in [6, 6.07) is 6.46. The van der Waals surface area contributed by atoms with Crippen molar-refractivity contribution in [2.75, 3.05) is 32.6 Å². The van der Waals surface area contributed by atoms with Crippen LogP contribution >= 0.6 is 12.4 Å². The van der Waals surface area contributed by atoms with Crippen LogP contribution in [0, 0.1) is 6.92 Å². The molecule has 0 radical (unpaired) electrons. The molecule has 162 valence electrons. The van der Waals surface area contributed by atoms with Gasteiger partial charge >= 0.3 is 5.97 Å². The van der Waals surface area contributed by atoms with E-state index in [2.05, 4.69) is 10.6 Å². The number of carbonyl (C=O) groups excluding carboxylic acids is 2. The molecule has 2 aromatic rings. The van der Waals surface area contributed by atoms with Gasteiger partial charge in [-0.25, -0.2) is 4.79 Å². The van der Waals surface area contributed by atoms with Gasteiger partial charge in [0.25, 0.3) is 11.5 Å². The number of rotatable bonds is 5. The van der Waals surface area contributed by atoms with Gasteiger partial charge in [-0.15, -0.1) is 12.4 Å². The molecule has 1 aliphatic heterocycles. The first kappa shape index (κ1) is 23.4. The summed E-state index contributed by atoms with van der Waals surface area (Å²) >= 11 is 0. The fourth-order valence-electron chi connectivity index (χ4n) is 3.53. The molecule has 9 heteroatoms. The Morgan fingerprint density at radius 2 is 1.87 bits per heavy atom. The minimum atomic E-state index is -0.538. The first-order chi connectivity index (χ1) is 14.0. The Morgan fingerprint density at radius 1 is 1.17 bits per heavy atom. The van der Waals surface area contributed by atoms with E-state index < -0.39 is 11.9 Å². The second-order valence-electron chi connectivity index (χ2n) is 6.93. The van der Waals surface area contributed by atoms with Crippen molar-refractivity contribution in [2.45, 2.75) is 25.8 Å².